The standard InChI is InChI=1S/C45H55N9O6S/c1-2-6-30-25-46-45(49-42(30)54(29-55)33-7-3-4-8-33)47-32-15-21-52(22-16-32)61(59)38-10-5-9-37(24-38)60-36-17-19-50(20-18-36)35-27-51(28-35)34-11-12-39-31(23-34)26-53(44(39)58)40-13-14-41(56)48-43(40)57/h2,5-6,9-12,23-25,29,32-33,35-36,40H,3-4,7-8,13-22,26-28H2,1H3,(H,46,47,49)(H,48,56,57)/b6-2-. The Balaban J connectivity index is 0.723. The molecule has 5 aliphatic heterocycles. The van der Waals surface area contributed by atoms with Crippen molar-refractivity contribution in [2.45, 2.75) is 113 Å². The lowest BCUT2D eigenvalue weighted by Gasteiger charge is -2.48. The molecule has 61 heavy (non-hydrogen) atoms. The average Bonchev–Trinajstić information content (AvgIpc) is 3.90. The minimum atomic E-state index is -1.32. The second kappa shape index (κ2) is 18.1. The molecule has 0 radical (unpaired) electrons. The summed E-state index contributed by atoms with van der Waals surface area (Å²) in [5, 5.41) is 5.86. The van der Waals surface area contributed by atoms with Crippen LogP contribution in [0.15, 0.2) is 59.6 Å². The van der Waals surface area contributed by atoms with Crippen molar-refractivity contribution in [2.75, 3.05) is 54.4 Å². The number of allylic oxidation sites excluding steroid dienone is 1. The molecule has 2 atom stereocenters. The van der Waals surface area contributed by atoms with E-state index in [4.69, 9.17) is 9.72 Å². The van der Waals surface area contributed by atoms with E-state index in [1.807, 2.05) is 59.8 Å². The number of imide groups is 1. The molecular formula is C45H55N9O6S. The number of hydrogen-bond donors (Lipinski definition) is 2. The van der Waals surface area contributed by atoms with Gasteiger partial charge in [0.05, 0.1) is 11.4 Å². The van der Waals surface area contributed by atoms with Crippen LogP contribution < -0.4 is 25.2 Å². The third kappa shape index (κ3) is 8.86. The summed E-state index contributed by atoms with van der Waals surface area (Å²) in [7, 11) is 0. The van der Waals surface area contributed by atoms with Crippen LogP contribution in [0.4, 0.5) is 17.5 Å². The maximum absolute atomic E-state index is 13.8. The lowest BCUT2D eigenvalue weighted by Crippen LogP contribution is -2.61. The lowest BCUT2D eigenvalue weighted by molar-refractivity contribution is -0.136. The number of amides is 4. The molecule has 4 saturated heterocycles. The number of carbonyl (C=O) groups excluding carboxylic acids is 4. The Morgan fingerprint density at radius 3 is 2.49 bits per heavy atom. The van der Waals surface area contributed by atoms with Crippen molar-refractivity contribution >= 4 is 59.0 Å². The van der Waals surface area contributed by atoms with E-state index in [9.17, 15) is 23.7 Å². The Morgan fingerprint density at radius 2 is 1.75 bits per heavy atom. The third-order valence-electron chi connectivity index (χ3n) is 13.3. The van der Waals surface area contributed by atoms with Crippen LogP contribution in [-0.4, -0.2) is 122 Å². The summed E-state index contributed by atoms with van der Waals surface area (Å²) < 4.78 is 22.3. The predicted octanol–water partition coefficient (Wildman–Crippen LogP) is 4.51. The van der Waals surface area contributed by atoms with Crippen LogP contribution in [0.1, 0.15) is 92.6 Å². The number of ether oxygens (including phenoxy) is 1. The Hall–Kier alpha value is -5.03. The molecule has 1 saturated carbocycles. The molecule has 5 fully saturated rings. The van der Waals surface area contributed by atoms with E-state index in [1.165, 1.54) is 0 Å². The first-order chi connectivity index (χ1) is 29.7. The predicted molar refractivity (Wildman–Crippen MR) is 232 cm³/mol. The number of piperidine rings is 3. The topological polar surface area (TPSA) is 167 Å². The van der Waals surface area contributed by atoms with Gasteiger partial charge < -0.3 is 24.4 Å². The molecule has 0 spiro atoms. The molecule has 2 unspecified atom stereocenters. The highest BCUT2D eigenvalue weighted by Gasteiger charge is 2.40. The first-order valence-corrected chi connectivity index (χ1v) is 23.1. The molecule has 4 amide bonds. The van der Waals surface area contributed by atoms with Crippen LogP contribution in [0.2, 0.25) is 0 Å². The van der Waals surface area contributed by atoms with Crippen LogP contribution in [0.5, 0.6) is 5.75 Å². The maximum atomic E-state index is 13.8. The van der Waals surface area contributed by atoms with Gasteiger partial charge in [0, 0.05) is 99.4 Å². The quantitative estimate of drug-likeness (QED) is 0.141. The fraction of sp³-hybridized carbons (Fsp3) is 0.511. The number of aromatic nitrogens is 2. The molecule has 1 aliphatic carbocycles. The van der Waals surface area contributed by atoms with Crippen molar-refractivity contribution in [2.24, 2.45) is 0 Å². The summed E-state index contributed by atoms with van der Waals surface area (Å²) in [5.74, 6) is 1.08. The zero-order valence-electron chi connectivity index (χ0n) is 34.7. The van der Waals surface area contributed by atoms with E-state index >= 15 is 0 Å². The van der Waals surface area contributed by atoms with Gasteiger partial charge in [-0.25, -0.2) is 4.98 Å². The van der Waals surface area contributed by atoms with E-state index in [1.54, 1.807) is 16.0 Å². The molecule has 2 aromatic carbocycles. The van der Waals surface area contributed by atoms with Crippen molar-refractivity contribution in [1.82, 2.24) is 29.4 Å². The van der Waals surface area contributed by atoms with Gasteiger partial charge in [-0.1, -0.05) is 31.1 Å². The number of rotatable bonds is 13. The second-order valence-corrected chi connectivity index (χ2v) is 18.6. The molecule has 6 heterocycles. The van der Waals surface area contributed by atoms with E-state index in [2.05, 4.69) is 31.5 Å². The van der Waals surface area contributed by atoms with Gasteiger partial charge in [0.15, 0.2) is 4.90 Å². The summed E-state index contributed by atoms with van der Waals surface area (Å²) in [4.78, 5) is 67.8. The SMILES string of the molecule is C/C=C\c1cnc(NC2CCN([S+]([O-])c3cccc(OC4CCN(C5CN(c6ccc7c(c6)CN(C6CCC(=O)NC6=O)C7=O)C5)CC4)c3)CC2)nc1N(C=O)C1CCCC1. The van der Waals surface area contributed by atoms with Gasteiger partial charge in [0.25, 0.3) is 5.91 Å². The summed E-state index contributed by atoms with van der Waals surface area (Å²) in [6.07, 6.45) is 14.9. The smallest absolute Gasteiger partial charge is 0.255 e. The van der Waals surface area contributed by atoms with Crippen molar-refractivity contribution in [3.63, 3.8) is 0 Å². The molecule has 322 valence electrons. The van der Waals surface area contributed by atoms with Gasteiger partial charge in [0.2, 0.25) is 24.2 Å². The molecule has 16 heteroatoms. The second-order valence-electron chi connectivity index (χ2n) is 17.1. The Kier molecular flexibility index (Phi) is 12.3. The van der Waals surface area contributed by atoms with Crippen LogP contribution in [0, 0.1) is 0 Å². The molecular weight excluding hydrogens is 795 g/mol. The van der Waals surface area contributed by atoms with Gasteiger partial charge >= 0.3 is 0 Å². The van der Waals surface area contributed by atoms with Crippen molar-refractivity contribution in [1.29, 1.82) is 0 Å². The number of anilines is 3. The number of hydrogen-bond acceptors (Lipinski definition) is 12. The Labute approximate surface area is 360 Å². The van der Waals surface area contributed by atoms with Crippen LogP contribution in [0.25, 0.3) is 6.08 Å². The van der Waals surface area contributed by atoms with Gasteiger partial charge in [-0.05, 0) is 87.8 Å². The fourth-order valence-electron chi connectivity index (χ4n) is 9.81. The van der Waals surface area contributed by atoms with Crippen molar-refractivity contribution < 1.29 is 28.5 Å². The lowest BCUT2D eigenvalue weighted by atomic mass is 9.99. The number of nitrogens with one attached hydrogen (secondary N) is 2. The minimum absolute atomic E-state index is 0.0889. The number of carbonyl (C=O) groups is 4. The minimum Gasteiger partial charge on any atom is -0.593 e. The summed E-state index contributed by atoms with van der Waals surface area (Å²) in [6, 6.07) is 13.8. The molecule has 1 aromatic heterocycles. The van der Waals surface area contributed by atoms with E-state index in [0.717, 1.165) is 111 Å². The molecule has 2 N–H and O–H groups in total. The Bertz CT molecular complexity index is 2150. The molecule has 6 aliphatic rings. The molecule has 0 bridgehead atoms. The number of likely N-dealkylation sites (tertiary alicyclic amines) is 1. The normalized spacial score (nSPS) is 23.0. The molecule has 3 aromatic rings. The summed E-state index contributed by atoms with van der Waals surface area (Å²) in [6.45, 7) is 7.36. The van der Waals surface area contributed by atoms with Gasteiger partial charge in [-0.15, -0.1) is 4.31 Å². The Morgan fingerprint density at radius 1 is 0.967 bits per heavy atom. The van der Waals surface area contributed by atoms with Gasteiger partial charge in [-0.3, -0.25) is 34.3 Å². The van der Waals surface area contributed by atoms with E-state index < -0.39 is 23.3 Å². The zero-order valence-corrected chi connectivity index (χ0v) is 35.6. The van der Waals surface area contributed by atoms with Crippen molar-refractivity contribution in [3.05, 3.63) is 71.4 Å². The maximum Gasteiger partial charge on any atom is 0.255 e. The van der Waals surface area contributed by atoms with E-state index in [-0.39, 0.29) is 36.4 Å². The van der Waals surface area contributed by atoms with Crippen LogP contribution >= 0.6 is 0 Å². The highest BCUT2D eigenvalue weighted by Crippen LogP contribution is 2.35. The fourth-order valence-corrected chi connectivity index (χ4v) is 11.1. The first kappa shape index (κ1) is 41.3. The van der Waals surface area contributed by atoms with Crippen LogP contribution in [0.3, 0.4) is 0 Å². The number of nitrogens with zero attached hydrogens (tertiary/aromatic N) is 7. The zero-order chi connectivity index (χ0) is 42.0. The largest absolute Gasteiger partial charge is 0.593 e. The first-order valence-electron chi connectivity index (χ1n) is 21.9. The third-order valence-corrected chi connectivity index (χ3v) is 14.8. The van der Waals surface area contributed by atoms with E-state index in [0.29, 0.717) is 49.4 Å². The van der Waals surface area contributed by atoms with Gasteiger partial charge in [-0.2, -0.15) is 4.98 Å². The summed E-state index contributed by atoms with van der Waals surface area (Å²) >= 11 is -1.32. The highest BCUT2D eigenvalue weighted by molar-refractivity contribution is 7.89. The molecule has 9 rings (SSSR count). The number of benzene rings is 2. The van der Waals surface area contributed by atoms with Crippen LogP contribution in [-0.2, 0) is 32.3 Å². The molecule has 15 nitrogen and oxygen atoms in total. The monoisotopic (exact) mass is 849 g/mol. The highest BCUT2D eigenvalue weighted by atomic mass is 32.2. The van der Waals surface area contributed by atoms with Gasteiger partial charge in [0.1, 0.15) is 23.7 Å². The van der Waals surface area contributed by atoms with Crippen molar-refractivity contribution in [3.8, 4) is 5.75 Å². The average molecular weight is 850 g/mol. The number of fused-ring (bicyclic) bond motifs is 1. The summed E-state index contributed by atoms with van der Waals surface area (Å²) in [5.41, 5.74) is 3.47.